The summed E-state index contributed by atoms with van der Waals surface area (Å²) in [6.07, 6.45) is 16.5. The van der Waals surface area contributed by atoms with Crippen LogP contribution in [0, 0.1) is 6.42 Å². The van der Waals surface area contributed by atoms with E-state index in [0.717, 1.165) is 0 Å². The molecule has 0 nitrogen and oxygen atoms in total. The molecule has 18 heavy (non-hydrogen) atoms. The van der Waals surface area contributed by atoms with Gasteiger partial charge in [-0.1, -0.05) is 41.9 Å². The molecule has 0 atom stereocenters. The molecule has 0 N–H and O–H groups in total. The first-order valence-corrected chi connectivity index (χ1v) is 7.28. The van der Waals surface area contributed by atoms with Crippen molar-refractivity contribution in [3.8, 4) is 0 Å². The lowest BCUT2D eigenvalue weighted by molar-refractivity contribution is 0.899. The highest BCUT2D eigenvalue weighted by molar-refractivity contribution is 5.05. The summed E-state index contributed by atoms with van der Waals surface area (Å²) >= 11 is 0. The predicted molar refractivity (Wildman–Crippen MR) is 84.6 cm³/mol. The van der Waals surface area contributed by atoms with Crippen LogP contribution < -0.4 is 0 Å². The molecule has 0 rings (SSSR count). The number of hydrogen-bond acceptors (Lipinski definition) is 0. The van der Waals surface area contributed by atoms with E-state index in [9.17, 15) is 0 Å². The van der Waals surface area contributed by atoms with Crippen molar-refractivity contribution in [3.63, 3.8) is 0 Å². The van der Waals surface area contributed by atoms with Crippen LogP contribution in [0.3, 0.4) is 0 Å². The van der Waals surface area contributed by atoms with Gasteiger partial charge in [0.25, 0.3) is 0 Å². The molecule has 0 heterocycles. The Labute approximate surface area is 115 Å². The Hall–Kier alpha value is -0.780. The van der Waals surface area contributed by atoms with Crippen LogP contribution in [0.4, 0.5) is 0 Å². The Kier molecular flexibility index (Phi) is 10.8. The summed E-state index contributed by atoms with van der Waals surface area (Å²) in [6.45, 7) is 11.0. The van der Waals surface area contributed by atoms with Gasteiger partial charge in [0, 0.05) is 0 Å². The van der Waals surface area contributed by atoms with Gasteiger partial charge in [-0.2, -0.15) is 0 Å². The highest BCUT2D eigenvalue weighted by Gasteiger charge is 1.92. The van der Waals surface area contributed by atoms with Crippen LogP contribution in [0.25, 0.3) is 0 Å². The lowest BCUT2D eigenvalue weighted by Gasteiger charge is -2.01. The largest absolute Gasteiger partial charge is 0.0856 e. The molecule has 0 aromatic heterocycles. The van der Waals surface area contributed by atoms with Crippen LogP contribution in [0.5, 0.6) is 0 Å². The van der Waals surface area contributed by atoms with E-state index in [4.69, 9.17) is 0 Å². The Bertz CT molecular complexity index is 285. The normalized spacial score (nSPS) is 12.7. The van der Waals surface area contributed by atoms with Gasteiger partial charge < -0.3 is 0 Å². The van der Waals surface area contributed by atoms with Crippen molar-refractivity contribution in [1.29, 1.82) is 0 Å². The Morgan fingerprint density at radius 1 is 0.667 bits per heavy atom. The quantitative estimate of drug-likeness (QED) is 0.326. The number of hydrogen-bond donors (Lipinski definition) is 0. The topological polar surface area (TPSA) is 0 Å². The zero-order valence-electron chi connectivity index (χ0n) is 13.1. The lowest BCUT2D eigenvalue weighted by Crippen LogP contribution is -1.81. The molecule has 0 aliphatic carbocycles. The SMILES string of the molecule is C[CH]CCC=C(C)CCC=C(C)CCC=C(C)C. The van der Waals surface area contributed by atoms with Gasteiger partial charge in [-0.05, 0) is 72.6 Å². The zero-order valence-corrected chi connectivity index (χ0v) is 13.1. The first-order chi connectivity index (χ1) is 8.56. The Morgan fingerprint density at radius 3 is 1.67 bits per heavy atom. The molecule has 0 spiro atoms. The summed E-state index contributed by atoms with van der Waals surface area (Å²) in [4.78, 5) is 0. The molecule has 0 aromatic rings. The van der Waals surface area contributed by atoms with Crippen LogP contribution >= 0.6 is 0 Å². The van der Waals surface area contributed by atoms with Crippen LogP contribution in [-0.2, 0) is 0 Å². The smallest absolute Gasteiger partial charge is 0.0288 e. The maximum Gasteiger partial charge on any atom is -0.0288 e. The predicted octanol–water partition coefficient (Wildman–Crippen LogP) is 6.41. The molecule has 0 aliphatic heterocycles. The molecule has 0 aliphatic rings. The van der Waals surface area contributed by atoms with E-state index in [1.807, 2.05) is 0 Å². The van der Waals surface area contributed by atoms with Crippen LogP contribution in [0.2, 0.25) is 0 Å². The number of rotatable bonds is 9. The second kappa shape index (κ2) is 11.3. The minimum absolute atomic E-state index is 1.19. The first kappa shape index (κ1) is 17.2. The third-order valence-corrected chi connectivity index (χ3v) is 3.07. The molecule has 0 aromatic carbocycles. The summed E-state index contributed by atoms with van der Waals surface area (Å²) < 4.78 is 0. The second-order valence-corrected chi connectivity index (χ2v) is 5.45. The van der Waals surface area contributed by atoms with E-state index >= 15 is 0 Å². The number of unbranched alkanes of at least 4 members (excludes halogenated alkanes) is 2. The van der Waals surface area contributed by atoms with Crippen molar-refractivity contribution >= 4 is 0 Å². The second-order valence-electron chi connectivity index (χ2n) is 5.45. The average molecular weight is 247 g/mol. The zero-order chi connectivity index (χ0) is 13.8. The van der Waals surface area contributed by atoms with Crippen LogP contribution in [-0.4, -0.2) is 0 Å². The maximum atomic E-state index is 2.40. The van der Waals surface area contributed by atoms with Gasteiger partial charge in [-0.15, -0.1) is 0 Å². The third kappa shape index (κ3) is 11.7. The van der Waals surface area contributed by atoms with Crippen molar-refractivity contribution in [3.05, 3.63) is 41.4 Å². The van der Waals surface area contributed by atoms with E-state index in [1.165, 1.54) is 55.2 Å². The van der Waals surface area contributed by atoms with Gasteiger partial charge in [0.15, 0.2) is 0 Å². The summed E-state index contributed by atoms with van der Waals surface area (Å²) in [5.41, 5.74) is 4.49. The average Bonchev–Trinajstić information content (AvgIpc) is 2.29. The highest BCUT2D eigenvalue weighted by Crippen LogP contribution is 2.12. The van der Waals surface area contributed by atoms with Crippen LogP contribution in [0.1, 0.15) is 73.1 Å². The molecular weight excluding hydrogens is 216 g/mol. The monoisotopic (exact) mass is 247 g/mol. The molecular formula is C18H31. The van der Waals surface area contributed by atoms with Crippen molar-refractivity contribution in [2.24, 2.45) is 0 Å². The summed E-state index contributed by atoms with van der Waals surface area (Å²) in [5, 5.41) is 0. The van der Waals surface area contributed by atoms with Crippen molar-refractivity contribution in [2.75, 3.05) is 0 Å². The van der Waals surface area contributed by atoms with Gasteiger partial charge >= 0.3 is 0 Å². The van der Waals surface area contributed by atoms with Gasteiger partial charge in [-0.25, -0.2) is 0 Å². The molecule has 0 fully saturated rings. The molecule has 0 saturated heterocycles. The third-order valence-electron chi connectivity index (χ3n) is 3.07. The summed E-state index contributed by atoms with van der Waals surface area (Å²) in [7, 11) is 0. The highest BCUT2D eigenvalue weighted by atomic mass is 14.0. The molecule has 103 valence electrons. The number of allylic oxidation sites excluding steroid dienone is 6. The van der Waals surface area contributed by atoms with E-state index in [0.29, 0.717) is 0 Å². The first-order valence-electron chi connectivity index (χ1n) is 7.28. The van der Waals surface area contributed by atoms with E-state index in [2.05, 4.69) is 59.3 Å². The van der Waals surface area contributed by atoms with E-state index in [1.54, 1.807) is 0 Å². The minimum Gasteiger partial charge on any atom is -0.0856 e. The van der Waals surface area contributed by atoms with E-state index < -0.39 is 0 Å². The molecule has 0 bridgehead atoms. The van der Waals surface area contributed by atoms with Gasteiger partial charge in [-0.3, -0.25) is 0 Å². The molecule has 0 unspecified atom stereocenters. The lowest BCUT2D eigenvalue weighted by atomic mass is 10.1. The van der Waals surface area contributed by atoms with Gasteiger partial charge in [0.05, 0.1) is 0 Å². The Balaban J connectivity index is 3.79. The van der Waals surface area contributed by atoms with Crippen molar-refractivity contribution in [2.45, 2.75) is 73.1 Å². The summed E-state index contributed by atoms with van der Waals surface area (Å²) in [5.74, 6) is 0. The summed E-state index contributed by atoms with van der Waals surface area (Å²) in [6, 6.07) is 0. The molecule has 0 amide bonds. The molecule has 1 radical (unpaired) electrons. The maximum absolute atomic E-state index is 2.40. The fraction of sp³-hybridized carbons (Fsp3) is 0.611. The molecule has 0 heteroatoms. The fourth-order valence-corrected chi connectivity index (χ4v) is 1.84. The van der Waals surface area contributed by atoms with Crippen molar-refractivity contribution < 1.29 is 0 Å². The van der Waals surface area contributed by atoms with Gasteiger partial charge in [0.1, 0.15) is 0 Å². The standard InChI is InChI=1S/C18H31/c1-6-7-8-12-17(4)14-10-15-18(5)13-9-11-16(2)3/h6,11-12,15H,7-10,13-14H2,1-5H3. The van der Waals surface area contributed by atoms with Crippen molar-refractivity contribution in [1.82, 2.24) is 0 Å². The Morgan fingerprint density at radius 2 is 1.17 bits per heavy atom. The van der Waals surface area contributed by atoms with Crippen LogP contribution in [0.15, 0.2) is 34.9 Å². The fourth-order valence-electron chi connectivity index (χ4n) is 1.84. The minimum atomic E-state index is 1.19. The van der Waals surface area contributed by atoms with E-state index in [-0.39, 0.29) is 0 Å². The van der Waals surface area contributed by atoms with Gasteiger partial charge in [0.2, 0.25) is 0 Å². The molecule has 0 saturated carbocycles.